The fraction of sp³-hybridized carbons (Fsp3) is 0.765. The number of hydrogen-bond acceptors (Lipinski definition) is 8. The molecule has 2 bridgehead atoms. The average Bonchev–Trinajstić information content (AvgIpc) is 2.91. The molecule has 0 aliphatic carbocycles. The Labute approximate surface area is 157 Å². The van der Waals surface area contributed by atoms with Gasteiger partial charge in [-0.15, -0.1) is 11.3 Å². The van der Waals surface area contributed by atoms with Gasteiger partial charge in [0.15, 0.2) is 5.13 Å². The minimum atomic E-state index is -0.755. The van der Waals surface area contributed by atoms with E-state index >= 15 is 0 Å². The summed E-state index contributed by atoms with van der Waals surface area (Å²) in [7, 11) is 0. The van der Waals surface area contributed by atoms with Crippen LogP contribution < -0.4 is 4.90 Å². The van der Waals surface area contributed by atoms with Gasteiger partial charge in [0.1, 0.15) is 0 Å². The van der Waals surface area contributed by atoms with E-state index < -0.39 is 5.97 Å². The summed E-state index contributed by atoms with van der Waals surface area (Å²) < 4.78 is 11.2. The fourth-order valence-electron chi connectivity index (χ4n) is 4.01. The van der Waals surface area contributed by atoms with Crippen molar-refractivity contribution in [1.82, 2.24) is 14.8 Å². The van der Waals surface area contributed by atoms with E-state index in [0.717, 1.165) is 57.6 Å². The summed E-state index contributed by atoms with van der Waals surface area (Å²) in [5, 5.41) is 10.2. The van der Waals surface area contributed by atoms with Crippen LogP contribution in [0.15, 0.2) is 6.20 Å². The van der Waals surface area contributed by atoms with Gasteiger partial charge >= 0.3 is 5.97 Å². The van der Waals surface area contributed by atoms with Gasteiger partial charge in [-0.1, -0.05) is 0 Å². The minimum Gasteiger partial charge on any atom is -0.480 e. The number of carboxylic acid groups (broad SMARTS) is 1. The molecule has 1 N–H and O–H groups in total. The van der Waals surface area contributed by atoms with Crippen molar-refractivity contribution in [2.75, 3.05) is 70.6 Å². The molecule has 2 atom stereocenters. The maximum atomic E-state index is 11.1. The molecule has 3 fully saturated rings. The number of anilines is 1. The third kappa shape index (κ3) is 4.34. The molecule has 0 radical (unpaired) electrons. The summed E-state index contributed by atoms with van der Waals surface area (Å²) >= 11 is 1.75. The highest BCUT2D eigenvalue weighted by molar-refractivity contribution is 7.15. The van der Waals surface area contributed by atoms with E-state index in [9.17, 15) is 4.79 Å². The van der Waals surface area contributed by atoms with Gasteiger partial charge in [-0.05, 0) is 0 Å². The normalized spacial score (nSPS) is 28.1. The third-order valence-electron chi connectivity index (χ3n) is 5.20. The number of carbonyl (C=O) groups is 1. The van der Waals surface area contributed by atoms with Crippen LogP contribution in [0.2, 0.25) is 0 Å². The second-order valence-corrected chi connectivity index (χ2v) is 8.38. The first-order valence-electron chi connectivity index (χ1n) is 9.20. The van der Waals surface area contributed by atoms with Crippen molar-refractivity contribution in [2.24, 2.45) is 5.92 Å². The highest BCUT2D eigenvalue weighted by atomic mass is 32.1. The predicted molar refractivity (Wildman–Crippen MR) is 97.7 cm³/mol. The van der Waals surface area contributed by atoms with E-state index in [1.54, 1.807) is 11.3 Å². The zero-order valence-electron chi connectivity index (χ0n) is 14.9. The Bertz CT molecular complexity index is 622. The average molecular weight is 382 g/mol. The number of rotatable bonds is 5. The summed E-state index contributed by atoms with van der Waals surface area (Å²) in [5.74, 6) is -0.400. The lowest BCUT2D eigenvalue weighted by atomic mass is 10.1. The number of morpholine rings is 1. The molecule has 26 heavy (non-hydrogen) atoms. The molecule has 144 valence electrons. The van der Waals surface area contributed by atoms with Crippen LogP contribution in [-0.4, -0.2) is 97.6 Å². The van der Waals surface area contributed by atoms with Gasteiger partial charge in [0.05, 0.1) is 33.0 Å². The molecule has 4 heterocycles. The summed E-state index contributed by atoms with van der Waals surface area (Å²) in [6.45, 7) is 8.18. The lowest BCUT2D eigenvalue weighted by Gasteiger charge is -2.30. The van der Waals surface area contributed by atoms with Crippen LogP contribution in [0.3, 0.4) is 0 Å². The lowest BCUT2D eigenvalue weighted by molar-refractivity contribution is -0.138. The molecule has 8 nitrogen and oxygen atoms in total. The van der Waals surface area contributed by atoms with Gasteiger partial charge in [-0.25, -0.2) is 4.98 Å². The molecule has 1 aromatic heterocycles. The van der Waals surface area contributed by atoms with Crippen molar-refractivity contribution in [3.05, 3.63) is 11.1 Å². The molecular formula is C17H26N4O4S. The van der Waals surface area contributed by atoms with E-state index in [-0.39, 0.29) is 12.6 Å². The van der Waals surface area contributed by atoms with Gasteiger partial charge in [0.2, 0.25) is 0 Å². The van der Waals surface area contributed by atoms with Gasteiger partial charge in [-0.3, -0.25) is 14.6 Å². The molecule has 0 aromatic carbocycles. The Kier molecular flexibility index (Phi) is 5.70. The van der Waals surface area contributed by atoms with Crippen LogP contribution in [0.4, 0.5) is 5.13 Å². The third-order valence-corrected chi connectivity index (χ3v) is 6.24. The standard InChI is InChI=1S/C17H26N4O4S/c22-16(23)10-19-6-13-7-21(14(8-19)12-25-11-13)9-15-5-18-17(26-15)20-1-3-24-4-2-20/h5,13-14H,1-4,6-12H2,(H,22,23)/t13-,14-/m0/s1. The molecule has 0 spiro atoms. The first kappa shape index (κ1) is 18.1. The number of hydrogen-bond donors (Lipinski definition) is 1. The van der Waals surface area contributed by atoms with E-state index in [1.165, 1.54) is 4.88 Å². The van der Waals surface area contributed by atoms with Crippen molar-refractivity contribution < 1.29 is 19.4 Å². The van der Waals surface area contributed by atoms with Gasteiger partial charge in [0.25, 0.3) is 0 Å². The SMILES string of the molecule is O=C(O)CN1C[C@@H]2COC[C@H](C1)N(Cc1cnc(N3CCOCC3)s1)C2. The number of ether oxygens (including phenoxy) is 2. The monoisotopic (exact) mass is 382 g/mol. The number of fused-ring (bicyclic) bond motifs is 3. The smallest absolute Gasteiger partial charge is 0.317 e. The van der Waals surface area contributed by atoms with Crippen molar-refractivity contribution in [3.63, 3.8) is 0 Å². The van der Waals surface area contributed by atoms with Gasteiger partial charge in [0, 0.05) is 62.3 Å². The maximum Gasteiger partial charge on any atom is 0.317 e. The minimum absolute atomic E-state index is 0.114. The summed E-state index contributed by atoms with van der Waals surface area (Å²) in [4.78, 5) is 23.8. The molecule has 3 saturated heterocycles. The molecule has 0 unspecified atom stereocenters. The van der Waals surface area contributed by atoms with Crippen molar-refractivity contribution in [3.8, 4) is 0 Å². The van der Waals surface area contributed by atoms with E-state index in [2.05, 4.69) is 19.7 Å². The fourth-order valence-corrected chi connectivity index (χ4v) is 5.00. The van der Waals surface area contributed by atoms with Crippen LogP contribution >= 0.6 is 11.3 Å². The molecule has 0 saturated carbocycles. The Hall–Kier alpha value is -1.26. The van der Waals surface area contributed by atoms with Crippen LogP contribution in [0.1, 0.15) is 4.88 Å². The second kappa shape index (κ2) is 8.18. The summed E-state index contributed by atoms with van der Waals surface area (Å²) in [5.41, 5.74) is 0. The van der Waals surface area contributed by atoms with E-state index in [4.69, 9.17) is 14.6 Å². The van der Waals surface area contributed by atoms with Crippen LogP contribution in [0.25, 0.3) is 0 Å². The summed E-state index contributed by atoms with van der Waals surface area (Å²) in [6.07, 6.45) is 1.99. The molecule has 4 rings (SSSR count). The van der Waals surface area contributed by atoms with Gasteiger partial charge in [-0.2, -0.15) is 0 Å². The molecule has 3 aliphatic heterocycles. The predicted octanol–water partition coefficient (Wildman–Crippen LogP) is 0.197. The first-order chi connectivity index (χ1) is 12.7. The molecule has 3 aliphatic rings. The Morgan fingerprint density at radius 1 is 1.23 bits per heavy atom. The molecular weight excluding hydrogens is 356 g/mol. The van der Waals surface area contributed by atoms with Crippen molar-refractivity contribution in [1.29, 1.82) is 0 Å². The summed E-state index contributed by atoms with van der Waals surface area (Å²) in [6, 6.07) is 0.232. The highest BCUT2D eigenvalue weighted by Gasteiger charge is 2.34. The highest BCUT2D eigenvalue weighted by Crippen LogP contribution is 2.27. The number of aliphatic carboxylic acids is 1. The van der Waals surface area contributed by atoms with Gasteiger partial charge < -0.3 is 19.5 Å². The Balaban J connectivity index is 1.42. The van der Waals surface area contributed by atoms with E-state index in [0.29, 0.717) is 19.1 Å². The first-order valence-corrected chi connectivity index (χ1v) is 10.0. The Morgan fingerprint density at radius 3 is 2.88 bits per heavy atom. The van der Waals surface area contributed by atoms with Crippen LogP contribution in [0.5, 0.6) is 0 Å². The quantitative estimate of drug-likeness (QED) is 0.774. The number of aromatic nitrogens is 1. The Morgan fingerprint density at radius 2 is 2.08 bits per heavy atom. The van der Waals surface area contributed by atoms with Crippen LogP contribution in [-0.2, 0) is 20.8 Å². The molecule has 9 heteroatoms. The largest absolute Gasteiger partial charge is 0.480 e. The molecule has 1 aromatic rings. The number of nitrogens with zero attached hydrogens (tertiary/aromatic N) is 4. The number of thiazole rings is 1. The van der Waals surface area contributed by atoms with E-state index in [1.807, 2.05) is 6.20 Å². The van der Waals surface area contributed by atoms with Crippen LogP contribution in [0, 0.1) is 5.92 Å². The molecule has 0 amide bonds. The topological polar surface area (TPSA) is 78.4 Å². The van der Waals surface area contributed by atoms with Crippen molar-refractivity contribution in [2.45, 2.75) is 12.6 Å². The number of carboxylic acids is 1. The zero-order valence-corrected chi connectivity index (χ0v) is 15.7. The second-order valence-electron chi connectivity index (χ2n) is 7.28. The zero-order chi connectivity index (χ0) is 17.9. The van der Waals surface area contributed by atoms with Crippen molar-refractivity contribution >= 4 is 22.4 Å². The maximum absolute atomic E-state index is 11.1. The lowest BCUT2D eigenvalue weighted by Crippen LogP contribution is -2.44.